The minimum atomic E-state index is 0.481. The lowest BCUT2D eigenvalue weighted by Gasteiger charge is -2.36. The van der Waals surface area contributed by atoms with Crippen molar-refractivity contribution in [3.8, 4) is 0 Å². The molecule has 3 nitrogen and oxygen atoms in total. The molecule has 1 aromatic heterocycles. The number of hydrogen-bond acceptors (Lipinski definition) is 2. The predicted octanol–water partition coefficient (Wildman–Crippen LogP) is 3.74. The highest BCUT2D eigenvalue weighted by molar-refractivity contribution is 6.16. The third-order valence-electron chi connectivity index (χ3n) is 4.58. The van der Waals surface area contributed by atoms with Gasteiger partial charge in [-0.05, 0) is 51.4 Å². The molecule has 2 heterocycles. The Hall–Kier alpha value is -1.06. The van der Waals surface area contributed by atoms with E-state index in [2.05, 4.69) is 48.6 Å². The second kappa shape index (κ2) is 5.38. The number of halogens is 1. The van der Waals surface area contributed by atoms with Crippen LogP contribution in [0, 0.1) is 6.92 Å². The lowest BCUT2D eigenvalue weighted by atomic mass is 9.98. The Kier molecular flexibility index (Phi) is 3.74. The van der Waals surface area contributed by atoms with E-state index in [-0.39, 0.29) is 0 Å². The summed E-state index contributed by atoms with van der Waals surface area (Å²) in [4.78, 5) is 7.14. The number of nitrogens with zero attached hydrogens (tertiary/aromatic N) is 3. The van der Waals surface area contributed by atoms with Gasteiger partial charge >= 0.3 is 0 Å². The van der Waals surface area contributed by atoms with E-state index in [0.29, 0.717) is 18.0 Å². The summed E-state index contributed by atoms with van der Waals surface area (Å²) >= 11 is 6.13. The quantitative estimate of drug-likeness (QED) is 0.786. The highest BCUT2D eigenvalue weighted by Gasteiger charge is 2.26. The van der Waals surface area contributed by atoms with Crippen molar-refractivity contribution in [3.05, 3.63) is 29.6 Å². The molecular weight excluding hydrogens is 270 g/mol. The minimum Gasteiger partial charge on any atom is -0.324 e. The van der Waals surface area contributed by atoms with Gasteiger partial charge in [-0.1, -0.05) is 6.07 Å². The molecule has 0 N–H and O–H groups in total. The van der Waals surface area contributed by atoms with E-state index in [9.17, 15) is 0 Å². The fraction of sp³-hybridized carbons (Fsp3) is 0.562. The van der Waals surface area contributed by atoms with Crippen molar-refractivity contribution < 1.29 is 0 Å². The van der Waals surface area contributed by atoms with E-state index >= 15 is 0 Å². The third kappa shape index (κ3) is 2.33. The molecule has 1 fully saturated rings. The van der Waals surface area contributed by atoms with E-state index < -0.39 is 0 Å². The van der Waals surface area contributed by atoms with Gasteiger partial charge in [-0.25, -0.2) is 4.98 Å². The van der Waals surface area contributed by atoms with Crippen LogP contribution in [0.2, 0.25) is 0 Å². The standard InChI is InChI=1S/C16H22ClN3/c1-11-4-5-14-15(8-11)20(16(10-17)18-14)13-6-7-19(3)12(2)9-13/h4-5,8,12-13H,6-7,9-10H2,1-3H3. The fourth-order valence-electron chi connectivity index (χ4n) is 3.25. The van der Waals surface area contributed by atoms with E-state index in [1.165, 1.54) is 23.9 Å². The molecular formula is C16H22ClN3. The molecule has 1 aliphatic rings. The Balaban J connectivity index is 2.07. The molecule has 20 heavy (non-hydrogen) atoms. The van der Waals surface area contributed by atoms with Crippen LogP contribution in [0.1, 0.15) is 37.2 Å². The molecule has 1 aromatic carbocycles. The smallest absolute Gasteiger partial charge is 0.125 e. The maximum Gasteiger partial charge on any atom is 0.125 e. The maximum absolute atomic E-state index is 6.13. The lowest BCUT2D eigenvalue weighted by molar-refractivity contribution is 0.157. The molecule has 108 valence electrons. The second-order valence-electron chi connectivity index (χ2n) is 6.03. The Morgan fingerprint density at radius 2 is 2.20 bits per heavy atom. The van der Waals surface area contributed by atoms with Crippen LogP contribution < -0.4 is 0 Å². The highest BCUT2D eigenvalue weighted by Crippen LogP contribution is 2.31. The molecule has 0 aliphatic carbocycles. The van der Waals surface area contributed by atoms with Crippen LogP contribution in [0.15, 0.2) is 18.2 Å². The number of hydrogen-bond donors (Lipinski definition) is 0. The number of aromatic nitrogens is 2. The molecule has 0 bridgehead atoms. The van der Waals surface area contributed by atoms with Crippen LogP contribution in [-0.2, 0) is 5.88 Å². The third-order valence-corrected chi connectivity index (χ3v) is 4.82. The molecule has 2 atom stereocenters. The normalized spacial score (nSPS) is 24.4. The van der Waals surface area contributed by atoms with Gasteiger partial charge in [0.05, 0.1) is 16.9 Å². The molecule has 0 saturated carbocycles. The topological polar surface area (TPSA) is 21.1 Å². The number of alkyl halides is 1. The van der Waals surface area contributed by atoms with Crippen LogP contribution in [0.4, 0.5) is 0 Å². The van der Waals surface area contributed by atoms with Crippen LogP contribution in [0.25, 0.3) is 11.0 Å². The van der Waals surface area contributed by atoms with Crippen molar-refractivity contribution in [1.29, 1.82) is 0 Å². The SMILES string of the molecule is Cc1ccc2nc(CCl)n(C3CCN(C)C(C)C3)c2c1. The van der Waals surface area contributed by atoms with Crippen molar-refractivity contribution in [3.63, 3.8) is 0 Å². The van der Waals surface area contributed by atoms with Crippen LogP contribution in [0.3, 0.4) is 0 Å². The summed E-state index contributed by atoms with van der Waals surface area (Å²) in [7, 11) is 2.21. The number of fused-ring (bicyclic) bond motifs is 1. The summed E-state index contributed by atoms with van der Waals surface area (Å²) in [5, 5.41) is 0. The molecule has 0 spiro atoms. The highest BCUT2D eigenvalue weighted by atomic mass is 35.5. The first-order valence-electron chi connectivity index (χ1n) is 7.34. The number of aryl methyl sites for hydroxylation is 1. The van der Waals surface area contributed by atoms with Gasteiger partial charge < -0.3 is 9.47 Å². The van der Waals surface area contributed by atoms with Crippen molar-refractivity contribution in [2.45, 2.75) is 44.7 Å². The van der Waals surface area contributed by atoms with Gasteiger partial charge in [0.2, 0.25) is 0 Å². The van der Waals surface area contributed by atoms with Gasteiger partial charge in [0.1, 0.15) is 5.82 Å². The summed E-state index contributed by atoms with van der Waals surface area (Å²) in [6.45, 7) is 5.57. The van der Waals surface area contributed by atoms with Crippen LogP contribution in [-0.4, -0.2) is 34.1 Å². The van der Waals surface area contributed by atoms with Crippen molar-refractivity contribution in [1.82, 2.24) is 14.5 Å². The molecule has 1 saturated heterocycles. The van der Waals surface area contributed by atoms with Gasteiger partial charge in [-0.2, -0.15) is 0 Å². The van der Waals surface area contributed by atoms with Crippen molar-refractivity contribution >= 4 is 22.6 Å². The van der Waals surface area contributed by atoms with Crippen molar-refractivity contribution in [2.24, 2.45) is 0 Å². The molecule has 1 aliphatic heterocycles. The summed E-state index contributed by atoms with van der Waals surface area (Å²) in [5.41, 5.74) is 3.58. The van der Waals surface area contributed by atoms with Gasteiger partial charge in [0.15, 0.2) is 0 Å². The first-order valence-corrected chi connectivity index (χ1v) is 7.87. The number of imidazole rings is 1. The average molecular weight is 292 g/mol. The van der Waals surface area contributed by atoms with Crippen LogP contribution in [0.5, 0.6) is 0 Å². The fourth-order valence-corrected chi connectivity index (χ4v) is 3.44. The van der Waals surface area contributed by atoms with Crippen LogP contribution >= 0.6 is 11.6 Å². The first kappa shape index (κ1) is 13.9. The Morgan fingerprint density at radius 3 is 2.90 bits per heavy atom. The maximum atomic E-state index is 6.13. The van der Waals surface area contributed by atoms with Gasteiger partial charge in [-0.3, -0.25) is 0 Å². The molecule has 2 unspecified atom stereocenters. The monoisotopic (exact) mass is 291 g/mol. The Bertz CT molecular complexity index is 619. The largest absolute Gasteiger partial charge is 0.324 e. The summed E-state index contributed by atoms with van der Waals surface area (Å²) in [6.07, 6.45) is 2.34. The van der Waals surface area contributed by atoms with Gasteiger partial charge in [0, 0.05) is 18.6 Å². The molecule has 2 aromatic rings. The molecule has 0 amide bonds. The van der Waals surface area contributed by atoms with E-state index in [4.69, 9.17) is 16.6 Å². The minimum absolute atomic E-state index is 0.481. The first-order chi connectivity index (χ1) is 9.60. The Labute approximate surface area is 125 Å². The van der Waals surface area contributed by atoms with Gasteiger partial charge in [-0.15, -0.1) is 11.6 Å². The number of likely N-dealkylation sites (tertiary alicyclic amines) is 1. The zero-order valence-corrected chi connectivity index (χ0v) is 13.2. The summed E-state index contributed by atoms with van der Waals surface area (Å²) < 4.78 is 2.39. The summed E-state index contributed by atoms with van der Waals surface area (Å²) in [6, 6.07) is 7.59. The lowest BCUT2D eigenvalue weighted by Crippen LogP contribution is -2.38. The number of benzene rings is 1. The average Bonchev–Trinajstić information content (AvgIpc) is 2.79. The van der Waals surface area contributed by atoms with E-state index in [0.717, 1.165) is 17.9 Å². The zero-order valence-electron chi connectivity index (χ0n) is 12.4. The molecule has 0 radical (unpaired) electrons. The summed E-state index contributed by atoms with van der Waals surface area (Å²) in [5.74, 6) is 1.49. The molecule has 3 rings (SSSR count). The van der Waals surface area contributed by atoms with E-state index in [1.54, 1.807) is 0 Å². The van der Waals surface area contributed by atoms with Gasteiger partial charge in [0.25, 0.3) is 0 Å². The molecule has 4 heteroatoms. The zero-order chi connectivity index (χ0) is 14.3. The van der Waals surface area contributed by atoms with Crippen molar-refractivity contribution in [2.75, 3.05) is 13.6 Å². The number of rotatable bonds is 2. The predicted molar refractivity (Wildman–Crippen MR) is 84.4 cm³/mol. The van der Waals surface area contributed by atoms with E-state index in [1.807, 2.05) is 0 Å². The second-order valence-corrected chi connectivity index (χ2v) is 6.30. The number of piperidine rings is 1. The Morgan fingerprint density at radius 1 is 1.40 bits per heavy atom.